The highest BCUT2D eigenvalue weighted by molar-refractivity contribution is 6.29. The molecule has 9 heterocycles. The molecule has 12 heteroatoms. The molecule has 0 saturated heterocycles. The van der Waals surface area contributed by atoms with E-state index in [0.717, 1.165) is 83.5 Å². The molecule has 0 unspecified atom stereocenters. The normalized spacial score (nSPS) is 11.6. The maximum atomic E-state index is 4.99. The first-order valence-corrected chi connectivity index (χ1v) is 50.7. The third kappa shape index (κ3) is 15.2. The lowest BCUT2D eigenvalue weighted by Crippen LogP contribution is -2.01. The summed E-state index contributed by atoms with van der Waals surface area (Å²) in [5, 5.41) is 14.4. The second-order valence-corrected chi connectivity index (χ2v) is 38.1. The Balaban J connectivity index is 0.000000108. The molecule has 0 amide bonds. The van der Waals surface area contributed by atoms with Crippen LogP contribution in [0.2, 0.25) is 0 Å². The minimum absolute atomic E-state index is 0.647. The lowest BCUT2D eigenvalue weighted by Gasteiger charge is -2.11. The Labute approximate surface area is 863 Å². The van der Waals surface area contributed by atoms with E-state index in [4.69, 9.17) is 29.9 Å². The molecule has 30 aromatic rings. The van der Waals surface area contributed by atoms with Crippen molar-refractivity contribution in [2.24, 2.45) is 0 Å². The highest BCUT2D eigenvalue weighted by Gasteiger charge is 2.28. The number of hydrogen-bond acceptors (Lipinski definition) is 6. The van der Waals surface area contributed by atoms with Crippen molar-refractivity contribution in [2.45, 2.75) is 0 Å². The first-order chi connectivity index (χ1) is 74.4. The Bertz CT molecular complexity index is 10400. The third-order valence-electron chi connectivity index (χ3n) is 29.6. The second-order valence-electron chi connectivity index (χ2n) is 38.1. The van der Waals surface area contributed by atoms with Crippen LogP contribution in [0.3, 0.4) is 0 Å². The van der Waals surface area contributed by atoms with Crippen molar-refractivity contribution in [3.63, 3.8) is 0 Å². The van der Waals surface area contributed by atoms with Crippen molar-refractivity contribution in [1.82, 2.24) is 57.3 Å². The van der Waals surface area contributed by atoms with Crippen molar-refractivity contribution >= 4 is 131 Å². The monoisotopic (exact) mass is 1910 g/mol. The quantitative estimate of drug-likeness (QED) is 0.101. The molecule has 21 aromatic carbocycles. The average molecular weight is 1920 g/mol. The summed E-state index contributed by atoms with van der Waals surface area (Å²) >= 11 is 0. The molecular formula is C138H90N12. The van der Waals surface area contributed by atoms with Gasteiger partial charge >= 0.3 is 0 Å². The minimum atomic E-state index is 0.647. The molecule has 0 atom stereocenters. The molecule has 0 fully saturated rings. The van der Waals surface area contributed by atoms with Crippen LogP contribution in [0.1, 0.15) is 0 Å². The molecule has 30 rings (SSSR count). The molecule has 0 aliphatic heterocycles. The number of para-hydroxylation sites is 6. The number of hydrogen-bond donors (Lipinski definition) is 0. The van der Waals surface area contributed by atoms with E-state index >= 15 is 0 Å². The zero-order chi connectivity index (χ0) is 99.1. The van der Waals surface area contributed by atoms with Crippen molar-refractivity contribution in [1.29, 1.82) is 0 Å². The van der Waals surface area contributed by atoms with Gasteiger partial charge in [-0.15, -0.1) is 0 Å². The molecular weight excluding hydrogens is 1830 g/mol. The number of rotatable bonds is 15. The summed E-state index contributed by atoms with van der Waals surface area (Å²) in [5.74, 6) is 1.94. The van der Waals surface area contributed by atoms with Gasteiger partial charge in [0.2, 0.25) is 17.8 Å². The first-order valence-electron chi connectivity index (χ1n) is 50.7. The van der Waals surface area contributed by atoms with E-state index in [1.165, 1.54) is 164 Å². The third-order valence-corrected chi connectivity index (χ3v) is 29.6. The van der Waals surface area contributed by atoms with Crippen LogP contribution >= 0.6 is 0 Å². The van der Waals surface area contributed by atoms with Crippen LogP contribution in [0.5, 0.6) is 0 Å². The zero-order valence-electron chi connectivity index (χ0n) is 81.3. The second kappa shape index (κ2) is 37.1. The Morgan fingerprint density at radius 2 is 0.313 bits per heavy atom. The minimum Gasteiger partial charge on any atom is -0.309 e. The molecule has 0 spiro atoms. The highest BCUT2D eigenvalue weighted by Crippen LogP contribution is 2.48. The summed E-state index contributed by atoms with van der Waals surface area (Å²) in [6, 6.07) is 181. The van der Waals surface area contributed by atoms with Crippen LogP contribution in [0.25, 0.3) is 266 Å². The molecule has 12 nitrogen and oxygen atoms in total. The average Bonchev–Trinajstić information content (AvgIpc) is 1.55. The Hall–Kier alpha value is -20.3. The largest absolute Gasteiger partial charge is 0.309 e. The van der Waals surface area contributed by atoms with Gasteiger partial charge in [0.05, 0.1) is 66.2 Å². The zero-order valence-corrected chi connectivity index (χ0v) is 81.3. The van der Waals surface area contributed by atoms with Crippen molar-refractivity contribution < 1.29 is 0 Å². The summed E-state index contributed by atoms with van der Waals surface area (Å²) in [5.41, 5.74) is 37.4. The van der Waals surface area contributed by atoms with Crippen LogP contribution in [0.4, 0.5) is 0 Å². The molecule has 0 radical (unpaired) electrons. The van der Waals surface area contributed by atoms with E-state index in [9.17, 15) is 0 Å². The predicted octanol–water partition coefficient (Wildman–Crippen LogP) is 35.0. The summed E-state index contributed by atoms with van der Waals surface area (Å²) < 4.78 is 13.9. The van der Waals surface area contributed by atoms with Crippen LogP contribution in [0.15, 0.2) is 547 Å². The van der Waals surface area contributed by atoms with Gasteiger partial charge < -0.3 is 13.7 Å². The summed E-state index contributed by atoms with van der Waals surface area (Å²) in [6.07, 6.45) is 11.6. The molecule has 0 aliphatic carbocycles. The Morgan fingerprint density at radius 1 is 0.113 bits per heavy atom. The number of benzene rings is 21. The van der Waals surface area contributed by atoms with E-state index in [1.807, 2.05) is 55.4 Å². The fourth-order valence-electron chi connectivity index (χ4n) is 22.5. The van der Waals surface area contributed by atoms with Gasteiger partial charge in [0.15, 0.2) is 0 Å². The van der Waals surface area contributed by atoms with E-state index < -0.39 is 0 Å². The van der Waals surface area contributed by atoms with Gasteiger partial charge in [-0.25, -0.2) is 29.9 Å². The van der Waals surface area contributed by atoms with Gasteiger partial charge in [-0.1, -0.05) is 413 Å². The lowest BCUT2D eigenvalue weighted by molar-refractivity contribution is 0.990. The topological polar surface area (TPSA) is 107 Å². The van der Waals surface area contributed by atoms with Gasteiger partial charge in [0.1, 0.15) is 0 Å². The van der Waals surface area contributed by atoms with Crippen LogP contribution in [0, 0.1) is 0 Å². The summed E-state index contributed by atoms with van der Waals surface area (Å²) in [4.78, 5) is 29.8. The fraction of sp³-hybridized carbons (Fsp3) is 0. The molecule has 150 heavy (non-hydrogen) atoms. The smallest absolute Gasteiger partial charge is 0.234 e. The molecule has 0 bridgehead atoms. The van der Waals surface area contributed by atoms with Crippen LogP contribution in [-0.4, -0.2) is 57.3 Å². The maximum Gasteiger partial charge on any atom is 0.234 e. The van der Waals surface area contributed by atoms with Gasteiger partial charge in [-0.3, -0.25) is 13.7 Å². The summed E-state index contributed by atoms with van der Waals surface area (Å²) in [6.45, 7) is 0. The van der Waals surface area contributed by atoms with Crippen molar-refractivity contribution in [3.8, 4) is 135 Å². The van der Waals surface area contributed by atoms with Crippen molar-refractivity contribution in [3.05, 3.63) is 547 Å². The number of fused-ring (bicyclic) bond motifs is 21. The molecule has 9 aromatic heterocycles. The lowest BCUT2D eigenvalue weighted by atomic mass is 10.0. The van der Waals surface area contributed by atoms with Crippen molar-refractivity contribution in [2.75, 3.05) is 0 Å². The number of aromatic nitrogens is 12. The van der Waals surface area contributed by atoms with Gasteiger partial charge in [-0.05, 0) is 181 Å². The highest BCUT2D eigenvalue weighted by atomic mass is 15.2. The van der Waals surface area contributed by atoms with E-state index in [2.05, 4.69) is 519 Å². The van der Waals surface area contributed by atoms with Crippen LogP contribution < -0.4 is 0 Å². The summed E-state index contributed by atoms with van der Waals surface area (Å²) in [7, 11) is 0. The van der Waals surface area contributed by atoms with E-state index in [1.54, 1.807) is 0 Å². The Kier molecular flexibility index (Phi) is 21.6. The van der Waals surface area contributed by atoms with E-state index in [-0.39, 0.29) is 0 Å². The molecule has 0 saturated carbocycles. The molecule has 0 N–H and O–H groups in total. The molecule has 702 valence electrons. The first kappa shape index (κ1) is 87.5. The van der Waals surface area contributed by atoms with Gasteiger partial charge in [0, 0.05) is 136 Å². The standard InChI is InChI=1S/3C46H30N4/c1-3-12-31(13-4-1)33-22-24-34(25-23-33)36-29-47-46(48-30-36)50-42-21-10-8-19-40(42)44-43(50)27-26-39-38-18-7-9-20-41(38)49(45(39)44)37-17-11-16-35(28-37)32-14-5-2-6-15-32;1-3-12-31(13-4-1)33-22-24-37(25-23-33)49-41-20-9-7-18-38(41)39-26-27-43-44(45(39)49)40-19-8-10-21-42(40)50(43)46-47-29-36(30-48-46)35-17-11-16-34(28-35)32-14-5-2-6-15-32;1-3-11-31(12-4-1)33-19-21-35(22-20-33)36-29-47-46(48-30-36)50-42-18-10-8-16-40(42)44-43(50)28-27-39-38-15-7-9-17-41(38)49(45(39)44)37-25-23-34(24-26-37)32-13-5-2-6-14-32/h3*1-30H. The van der Waals surface area contributed by atoms with Gasteiger partial charge in [-0.2, -0.15) is 0 Å². The van der Waals surface area contributed by atoms with Gasteiger partial charge in [0.25, 0.3) is 0 Å². The Morgan fingerprint density at radius 3 is 0.607 bits per heavy atom. The molecule has 0 aliphatic rings. The van der Waals surface area contributed by atoms with E-state index in [0.29, 0.717) is 17.8 Å². The van der Waals surface area contributed by atoms with Crippen LogP contribution in [-0.2, 0) is 0 Å². The fourth-order valence-corrected chi connectivity index (χ4v) is 22.5. The maximum absolute atomic E-state index is 4.99. The predicted molar refractivity (Wildman–Crippen MR) is 621 cm³/mol. The SMILES string of the molecule is c1ccc(-c2ccc(-c3cnc(-n4c5ccccc5c5c4ccc4c6ccccc6n(-c6ccc(-c7ccccc7)cc6)c45)nc3)cc2)cc1.c1ccc(-c2ccc(-c3cnc(-n4c5ccccc5c5c4ccc4c6ccccc6n(-c6cccc(-c7ccccc7)c6)c45)nc3)cc2)cc1.c1ccc(-c2ccc(-n3c4ccccc4c4ccc5c(c6ccccc6n5-c5ncc(-c6cccc(-c7ccccc7)c6)cn5)c43)cc2)cc1. The number of nitrogens with zero attached hydrogens (tertiary/aromatic N) is 12.